The topological polar surface area (TPSA) is 9.23 Å². The van der Waals surface area contributed by atoms with Crippen molar-refractivity contribution in [1.29, 1.82) is 0 Å². The summed E-state index contributed by atoms with van der Waals surface area (Å²) < 4.78 is 5.95. The monoisotopic (exact) mass is 270 g/mol. The summed E-state index contributed by atoms with van der Waals surface area (Å²) in [7, 11) is 1.91. The highest BCUT2D eigenvalue weighted by molar-refractivity contribution is 4.85. The summed E-state index contributed by atoms with van der Waals surface area (Å²) >= 11 is 0. The van der Waals surface area contributed by atoms with E-state index in [2.05, 4.69) is 27.7 Å². The third-order valence-corrected chi connectivity index (χ3v) is 4.89. The second-order valence-electron chi connectivity index (χ2n) is 6.02. The molecule has 1 unspecified atom stereocenters. The number of ether oxygens (including phenoxy) is 1. The summed E-state index contributed by atoms with van der Waals surface area (Å²) in [5.74, 6) is 0.753. The Kier molecular flexibility index (Phi) is 11.7. The van der Waals surface area contributed by atoms with E-state index < -0.39 is 0 Å². The van der Waals surface area contributed by atoms with E-state index in [9.17, 15) is 0 Å². The minimum atomic E-state index is 0.138. The van der Waals surface area contributed by atoms with E-state index in [0.29, 0.717) is 0 Å². The SMILES string of the molecule is CCCCCCCCC(CCC)C(CC)(CC)OC. The van der Waals surface area contributed by atoms with Crippen molar-refractivity contribution in [2.75, 3.05) is 7.11 Å². The predicted octanol–water partition coefficient (Wildman–Crippen LogP) is 6.36. The number of hydrogen-bond donors (Lipinski definition) is 0. The van der Waals surface area contributed by atoms with Gasteiger partial charge in [0.15, 0.2) is 0 Å². The van der Waals surface area contributed by atoms with Gasteiger partial charge in [0.2, 0.25) is 0 Å². The molecule has 116 valence electrons. The Morgan fingerprint density at radius 1 is 0.737 bits per heavy atom. The minimum Gasteiger partial charge on any atom is -0.378 e. The van der Waals surface area contributed by atoms with Gasteiger partial charge in [-0.2, -0.15) is 0 Å². The highest BCUT2D eigenvalue weighted by Gasteiger charge is 2.34. The molecule has 0 heterocycles. The van der Waals surface area contributed by atoms with Gasteiger partial charge in [0.1, 0.15) is 0 Å². The Bertz CT molecular complexity index is 176. The summed E-state index contributed by atoms with van der Waals surface area (Å²) in [5, 5.41) is 0. The van der Waals surface area contributed by atoms with Crippen LogP contribution in [-0.4, -0.2) is 12.7 Å². The lowest BCUT2D eigenvalue weighted by Crippen LogP contribution is -2.39. The van der Waals surface area contributed by atoms with Crippen molar-refractivity contribution >= 4 is 0 Å². The van der Waals surface area contributed by atoms with Crippen LogP contribution in [0, 0.1) is 5.92 Å². The molecular weight excluding hydrogens is 232 g/mol. The van der Waals surface area contributed by atoms with Crippen LogP contribution < -0.4 is 0 Å². The number of unbranched alkanes of at least 4 members (excludes halogenated alkanes) is 5. The standard InChI is InChI=1S/C18H38O/c1-6-10-11-12-13-14-16-17(15-7-2)18(8-3,9-4)19-5/h17H,6-16H2,1-5H3. The summed E-state index contributed by atoms with van der Waals surface area (Å²) in [6.45, 7) is 9.17. The van der Waals surface area contributed by atoms with E-state index in [0.717, 1.165) is 18.8 Å². The van der Waals surface area contributed by atoms with E-state index in [4.69, 9.17) is 4.74 Å². The van der Waals surface area contributed by atoms with Gasteiger partial charge in [0, 0.05) is 7.11 Å². The van der Waals surface area contributed by atoms with Crippen LogP contribution in [0.5, 0.6) is 0 Å². The van der Waals surface area contributed by atoms with E-state index in [1.165, 1.54) is 57.8 Å². The molecule has 0 saturated carbocycles. The maximum absolute atomic E-state index is 5.95. The summed E-state index contributed by atoms with van der Waals surface area (Å²) in [4.78, 5) is 0. The zero-order valence-electron chi connectivity index (χ0n) is 14.3. The van der Waals surface area contributed by atoms with E-state index >= 15 is 0 Å². The first-order valence-electron chi connectivity index (χ1n) is 8.75. The Morgan fingerprint density at radius 2 is 1.32 bits per heavy atom. The van der Waals surface area contributed by atoms with Crippen LogP contribution in [0.1, 0.15) is 98.3 Å². The molecule has 0 saturated heterocycles. The fourth-order valence-corrected chi connectivity index (χ4v) is 3.47. The molecule has 0 aromatic rings. The molecule has 0 fully saturated rings. The molecule has 1 atom stereocenters. The molecule has 0 N–H and O–H groups in total. The van der Waals surface area contributed by atoms with Crippen LogP contribution in [0.4, 0.5) is 0 Å². The van der Waals surface area contributed by atoms with Crippen LogP contribution in [0.15, 0.2) is 0 Å². The van der Waals surface area contributed by atoms with Gasteiger partial charge in [-0.05, 0) is 31.6 Å². The number of hydrogen-bond acceptors (Lipinski definition) is 1. The van der Waals surface area contributed by atoms with Gasteiger partial charge in [-0.1, -0.05) is 72.6 Å². The molecule has 0 bridgehead atoms. The lowest BCUT2D eigenvalue weighted by atomic mass is 9.77. The molecule has 0 spiro atoms. The third kappa shape index (κ3) is 6.79. The Morgan fingerprint density at radius 3 is 1.79 bits per heavy atom. The van der Waals surface area contributed by atoms with Crippen molar-refractivity contribution in [3.05, 3.63) is 0 Å². The van der Waals surface area contributed by atoms with Crippen molar-refractivity contribution in [3.63, 3.8) is 0 Å². The molecule has 19 heavy (non-hydrogen) atoms. The van der Waals surface area contributed by atoms with Gasteiger partial charge in [-0.25, -0.2) is 0 Å². The Labute approximate surface area is 122 Å². The van der Waals surface area contributed by atoms with Gasteiger partial charge in [-0.3, -0.25) is 0 Å². The van der Waals surface area contributed by atoms with E-state index in [1.54, 1.807) is 0 Å². The van der Waals surface area contributed by atoms with Crippen LogP contribution in [0.2, 0.25) is 0 Å². The zero-order valence-corrected chi connectivity index (χ0v) is 14.3. The molecule has 1 heteroatoms. The van der Waals surface area contributed by atoms with Gasteiger partial charge in [-0.15, -0.1) is 0 Å². The van der Waals surface area contributed by atoms with Crippen LogP contribution in [0.25, 0.3) is 0 Å². The van der Waals surface area contributed by atoms with Crippen molar-refractivity contribution in [2.45, 2.75) is 104 Å². The second kappa shape index (κ2) is 11.8. The number of rotatable bonds is 13. The largest absolute Gasteiger partial charge is 0.378 e. The normalized spacial score (nSPS) is 13.7. The number of methoxy groups -OCH3 is 1. The van der Waals surface area contributed by atoms with E-state index in [1.807, 2.05) is 7.11 Å². The molecular formula is C18H38O. The lowest BCUT2D eigenvalue weighted by molar-refractivity contribution is -0.0707. The maximum Gasteiger partial charge on any atom is 0.0701 e. The molecule has 1 nitrogen and oxygen atoms in total. The average Bonchev–Trinajstić information content (AvgIpc) is 2.45. The van der Waals surface area contributed by atoms with Crippen LogP contribution >= 0.6 is 0 Å². The highest BCUT2D eigenvalue weighted by atomic mass is 16.5. The van der Waals surface area contributed by atoms with Crippen LogP contribution in [-0.2, 0) is 4.74 Å². The first-order valence-corrected chi connectivity index (χ1v) is 8.75. The third-order valence-electron chi connectivity index (χ3n) is 4.89. The van der Waals surface area contributed by atoms with Gasteiger partial charge in [0.25, 0.3) is 0 Å². The molecule has 0 aromatic heterocycles. The maximum atomic E-state index is 5.95. The average molecular weight is 271 g/mol. The quantitative estimate of drug-likeness (QED) is 0.354. The Balaban J connectivity index is 4.16. The molecule has 0 amide bonds. The van der Waals surface area contributed by atoms with Gasteiger partial charge < -0.3 is 4.74 Å². The summed E-state index contributed by atoms with van der Waals surface area (Å²) in [5.41, 5.74) is 0.138. The summed E-state index contributed by atoms with van der Waals surface area (Å²) in [6.07, 6.45) is 14.7. The Hall–Kier alpha value is -0.0400. The first kappa shape index (κ1) is 19.0. The van der Waals surface area contributed by atoms with Crippen LogP contribution in [0.3, 0.4) is 0 Å². The molecule has 0 rings (SSSR count). The molecule has 0 aliphatic rings. The van der Waals surface area contributed by atoms with Gasteiger partial charge in [0.05, 0.1) is 5.60 Å². The van der Waals surface area contributed by atoms with Gasteiger partial charge >= 0.3 is 0 Å². The lowest BCUT2D eigenvalue weighted by Gasteiger charge is -2.39. The second-order valence-corrected chi connectivity index (χ2v) is 6.02. The zero-order chi connectivity index (χ0) is 14.6. The van der Waals surface area contributed by atoms with E-state index in [-0.39, 0.29) is 5.60 Å². The smallest absolute Gasteiger partial charge is 0.0701 e. The van der Waals surface area contributed by atoms with Crippen molar-refractivity contribution in [1.82, 2.24) is 0 Å². The molecule has 0 aliphatic carbocycles. The molecule has 0 aromatic carbocycles. The van der Waals surface area contributed by atoms with Crippen molar-refractivity contribution < 1.29 is 4.74 Å². The predicted molar refractivity (Wildman–Crippen MR) is 86.7 cm³/mol. The van der Waals surface area contributed by atoms with Crippen molar-refractivity contribution in [2.24, 2.45) is 5.92 Å². The first-order chi connectivity index (χ1) is 9.20. The fourth-order valence-electron chi connectivity index (χ4n) is 3.47. The molecule has 0 aliphatic heterocycles. The minimum absolute atomic E-state index is 0.138. The van der Waals surface area contributed by atoms with Crippen molar-refractivity contribution in [3.8, 4) is 0 Å². The highest BCUT2D eigenvalue weighted by Crippen LogP contribution is 2.36. The fraction of sp³-hybridized carbons (Fsp3) is 1.00. The summed E-state index contributed by atoms with van der Waals surface area (Å²) in [6, 6.07) is 0. The molecule has 0 radical (unpaired) electrons.